The first kappa shape index (κ1) is 10.7. The van der Waals surface area contributed by atoms with Crippen molar-refractivity contribution in [2.75, 3.05) is 7.11 Å². The normalized spacial score (nSPS) is 12.2. The summed E-state index contributed by atoms with van der Waals surface area (Å²) in [7, 11) is 1.39. The summed E-state index contributed by atoms with van der Waals surface area (Å²) in [5.41, 5.74) is 7.48. The van der Waals surface area contributed by atoms with Crippen LogP contribution in [0.15, 0.2) is 24.3 Å². The molecule has 0 aliphatic rings. The van der Waals surface area contributed by atoms with Gasteiger partial charge in [-0.1, -0.05) is 24.3 Å². The van der Waals surface area contributed by atoms with Crippen LogP contribution in [-0.4, -0.2) is 13.1 Å². The highest BCUT2D eigenvalue weighted by atomic mass is 16.5. The second-order valence-electron chi connectivity index (χ2n) is 3.19. The Morgan fingerprint density at radius 3 is 2.86 bits per heavy atom. The molecule has 0 aliphatic carbocycles. The Morgan fingerprint density at radius 2 is 2.29 bits per heavy atom. The van der Waals surface area contributed by atoms with E-state index in [9.17, 15) is 4.79 Å². The first-order valence-corrected chi connectivity index (χ1v) is 4.55. The zero-order valence-electron chi connectivity index (χ0n) is 8.49. The molecule has 0 aliphatic heterocycles. The quantitative estimate of drug-likeness (QED) is 0.739. The van der Waals surface area contributed by atoms with E-state index in [-0.39, 0.29) is 11.9 Å². The highest BCUT2D eigenvalue weighted by Crippen LogP contribution is 2.17. The van der Waals surface area contributed by atoms with E-state index in [2.05, 4.69) is 4.74 Å². The van der Waals surface area contributed by atoms with E-state index >= 15 is 0 Å². The van der Waals surface area contributed by atoms with Crippen molar-refractivity contribution in [3.63, 3.8) is 0 Å². The van der Waals surface area contributed by atoms with Gasteiger partial charge in [0.2, 0.25) is 0 Å². The van der Waals surface area contributed by atoms with Crippen LogP contribution in [0.2, 0.25) is 0 Å². The van der Waals surface area contributed by atoms with Gasteiger partial charge in [-0.25, -0.2) is 0 Å². The molecular weight excluding hydrogens is 178 g/mol. The fraction of sp³-hybridized carbons (Fsp3) is 0.364. The summed E-state index contributed by atoms with van der Waals surface area (Å²) >= 11 is 0. The van der Waals surface area contributed by atoms with Gasteiger partial charge in [0.15, 0.2) is 0 Å². The number of hydrogen-bond acceptors (Lipinski definition) is 3. The summed E-state index contributed by atoms with van der Waals surface area (Å²) in [6.07, 6.45) is 0. The van der Waals surface area contributed by atoms with Crippen LogP contribution < -0.4 is 5.73 Å². The number of esters is 1. The van der Waals surface area contributed by atoms with Gasteiger partial charge in [0.25, 0.3) is 0 Å². The number of hydrogen-bond donors (Lipinski definition) is 1. The molecule has 3 nitrogen and oxygen atoms in total. The minimum Gasteiger partial charge on any atom is -0.469 e. The lowest BCUT2D eigenvalue weighted by Crippen LogP contribution is -2.11. The van der Waals surface area contributed by atoms with Gasteiger partial charge in [0.05, 0.1) is 13.0 Å². The zero-order chi connectivity index (χ0) is 10.6. The second-order valence-corrected chi connectivity index (χ2v) is 3.19. The molecule has 0 spiro atoms. The molecule has 14 heavy (non-hydrogen) atoms. The molecule has 1 unspecified atom stereocenters. The van der Waals surface area contributed by atoms with E-state index in [1.807, 2.05) is 31.2 Å². The largest absolute Gasteiger partial charge is 0.469 e. The minimum absolute atomic E-state index is 0.223. The summed E-state index contributed by atoms with van der Waals surface area (Å²) in [6, 6.07) is 7.67. The van der Waals surface area contributed by atoms with Crippen LogP contribution in [0.1, 0.15) is 24.0 Å². The highest BCUT2D eigenvalue weighted by Gasteiger charge is 2.15. The summed E-state index contributed by atoms with van der Waals surface area (Å²) in [4.78, 5) is 11.3. The number of ether oxygens (including phenoxy) is 1. The Balaban J connectivity index is 2.89. The molecular formula is C11H15NO2. The molecule has 0 saturated carbocycles. The number of methoxy groups -OCH3 is 1. The fourth-order valence-electron chi connectivity index (χ4n) is 1.30. The smallest absolute Gasteiger partial charge is 0.312 e. The number of carbonyl (C=O) groups is 1. The first-order valence-electron chi connectivity index (χ1n) is 4.55. The van der Waals surface area contributed by atoms with Crippen molar-refractivity contribution < 1.29 is 9.53 Å². The number of carbonyl (C=O) groups excluding carboxylic acids is 1. The van der Waals surface area contributed by atoms with E-state index in [0.29, 0.717) is 6.54 Å². The van der Waals surface area contributed by atoms with E-state index in [1.165, 1.54) is 7.11 Å². The maximum Gasteiger partial charge on any atom is 0.312 e. The molecule has 1 aromatic carbocycles. The number of rotatable bonds is 3. The van der Waals surface area contributed by atoms with Crippen molar-refractivity contribution in [1.82, 2.24) is 0 Å². The summed E-state index contributed by atoms with van der Waals surface area (Å²) < 4.78 is 4.67. The molecule has 0 radical (unpaired) electrons. The summed E-state index contributed by atoms with van der Waals surface area (Å²) in [5, 5.41) is 0. The average molecular weight is 193 g/mol. The average Bonchev–Trinajstić information content (AvgIpc) is 2.27. The minimum atomic E-state index is -0.230. The second kappa shape index (κ2) is 4.77. The number of nitrogens with two attached hydrogens (primary N) is 1. The van der Waals surface area contributed by atoms with Gasteiger partial charge in [-0.3, -0.25) is 4.79 Å². The lowest BCUT2D eigenvalue weighted by Gasteiger charge is -2.10. The molecule has 0 saturated heterocycles. The van der Waals surface area contributed by atoms with Crippen LogP contribution in [-0.2, 0) is 16.1 Å². The fourth-order valence-corrected chi connectivity index (χ4v) is 1.30. The Labute approximate surface area is 83.9 Å². The van der Waals surface area contributed by atoms with Crippen LogP contribution in [0, 0.1) is 0 Å². The maximum atomic E-state index is 11.3. The number of benzene rings is 1. The molecule has 1 aromatic rings. The molecule has 0 fully saturated rings. The summed E-state index contributed by atoms with van der Waals surface area (Å²) in [5.74, 6) is -0.453. The molecule has 0 aromatic heterocycles. The van der Waals surface area contributed by atoms with Gasteiger partial charge in [-0.2, -0.15) is 0 Å². The van der Waals surface area contributed by atoms with Crippen molar-refractivity contribution in [3.8, 4) is 0 Å². The monoisotopic (exact) mass is 193 g/mol. The van der Waals surface area contributed by atoms with Crippen molar-refractivity contribution in [3.05, 3.63) is 35.4 Å². The van der Waals surface area contributed by atoms with Gasteiger partial charge < -0.3 is 10.5 Å². The molecule has 1 rings (SSSR count). The maximum absolute atomic E-state index is 11.3. The Kier molecular flexibility index (Phi) is 3.65. The van der Waals surface area contributed by atoms with Crippen LogP contribution in [0.3, 0.4) is 0 Å². The van der Waals surface area contributed by atoms with Crippen LogP contribution in [0.5, 0.6) is 0 Å². The van der Waals surface area contributed by atoms with Crippen LogP contribution >= 0.6 is 0 Å². The SMILES string of the molecule is COC(=O)C(C)c1cccc(CN)c1. The van der Waals surface area contributed by atoms with Gasteiger partial charge >= 0.3 is 5.97 Å². The third kappa shape index (κ3) is 2.33. The zero-order valence-corrected chi connectivity index (χ0v) is 8.49. The molecule has 0 bridgehead atoms. The lowest BCUT2D eigenvalue weighted by molar-refractivity contribution is -0.141. The van der Waals surface area contributed by atoms with Crippen molar-refractivity contribution in [2.24, 2.45) is 5.73 Å². The Morgan fingerprint density at radius 1 is 1.57 bits per heavy atom. The molecule has 3 heteroatoms. The predicted molar refractivity (Wildman–Crippen MR) is 54.8 cm³/mol. The first-order chi connectivity index (χ1) is 6.69. The molecule has 2 N–H and O–H groups in total. The van der Waals surface area contributed by atoms with Gasteiger partial charge in [-0.05, 0) is 18.1 Å². The molecule has 76 valence electrons. The molecule has 0 heterocycles. The topological polar surface area (TPSA) is 52.3 Å². The predicted octanol–water partition coefficient (Wildman–Crippen LogP) is 1.42. The highest BCUT2D eigenvalue weighted by molar-refractivity contribution is 5.77. The molecule has 0 amide bonds. The van der Waals surface area contributed by atoms with Crippen molar-refractivity contribution >= 4 is 5.97 Å². The van der Waals surface area contributed by atoms with Crippen LogP contribution in [0.25, 0.3) is 0 Å². The van der Waals surface area contributed by atoms with Gasteiger partial charge in [-0.15, -0.1) is 0 Å². The lowest BCUT2D eigenvalue weighted by atomic mass is 9.99. The van der Waals surface area contributed by atoms with Gasteiger partial charge in [0, 0.05) is 6.54 Å². The van der Waals surface area contributed by atoms with E-state index in [0.717, 1.165) is 11.1 Å². The van der Waals surface area contributed by atoms with Gasteiger partial charge in [0.1, 0.15) is 0 Å². The molecule has 1 atom stereocenters. The van der Waals surface area contributed by atoms with E-state index in [1.54, 1.807) is 0 Å². The van der Waals surface area contributed by atoms with Crippen molar-refractivity contribution in [1.29, 1.82) is 0 Å². The van der Waals surface area contributed by atoms with E-state index < -0.39 is 0 Å². The Bertz CT molecular complexity index is 323. The summed E-state index contributed by atoms with van der Waals surface area (Å²) in [6.45, 7) is 2.31. The van der Waals surface area contributed by atoms with Crippen LogP contribution in [0.4, 0.5) is 0 Å². The Hall–Kier alpha value is -1.35. The standard InChI is InChI=1S/C11H15NO2/c1-8(11(13)14-2)10-5-3-4-9(6-10)7-12/h3-6,8H,7,12H2,1-2H3. The van der Waals surface area contributed by atoms with E-state index in [4.69, 9.17) is 5.73 Å². The third-order valence-corrected chi connectivity index (χ3v) is 2.24. The third-order valence-electron chi connectivity index (χ3n) is 2.24. The van der Waals surface area contributed by atoms with Crippen molar-refractivity contribution in [2.45, 2.75) is 19.4 Å².